The molecule has 0 radical (unpaired) electrons. The van der Waals surface area contributed by atoms with Gasteiger partial charge in [-0.1, -0.05) is 19.8 Å². The van der Waals surface area contributed by atoms with Gasteiger partial charge in [0.05, 0.1) is 13.2 Å². The third-order valence-electron chi connectivity index (χ3n) is 3.41. The van der Waals surface area contributed by atoms with Crippen molar-refractivity contribution < 1.29 is 4.74 Å². The number of nitrogens with zero attached hydrogens (tertiary/aromatic N) is 1. The van der Waals surface area contributed by atoms with Crippen LogP contribution in [-0.2, 0) is 4.74 Å². The molecular weight excluding hydrogens is 222 g/mol. The molecule has 1 aliphatic rings. The van der Waals surface area contributed by atoms with Gasteiger partial charge >= 0.3 is 0 Å². The molecular formula is C13H26ClNO. The zero-order valence-electron chi connectivity index (χ0n) is 10.6. The normalized spacial score (nSPS) is 23.2. The van der Waals surface area contributed by atoms with Gasteiger partial charge in [0.2, 0.25) is 0 Å². The molecule has 0 aromatic heterocycles. The largest absolute Gasteiger partial charge is 0.379 e. The van der Waals surface area contributed by atoms with Crippen LogP contribution in [0.4, 0.5) is 0 Å². The van der Waals surface area contributed by atoms with Crippen molar-refractivity contribution in [1.29, 1.82) is 0 Å². The Hall–Kier alpha value is 0.210. The topological polar surface area (TPSA) is 12.5 Å². The number of hydrogen-bond acceptors (Lipinski definition) is 2. The van der Waals surface area contributed by atoms with Crippen molar-refractivity contribution in [3.8, 4) is 0 Å². The van der Waals surface area contributed by atoms with Gasteiger partial charge in [-0.3, -0.25) is 0 Å². The van der Waals surface area contributed by atoms with Crippen LogP contribution in [-0.4, -0.2) is 43.6 Å². The lowest BCUT2D eigenvalue weighted by atomic mass is 9.96. The third-order valence-corrected chi connectivity index (χ3v) is 3.56. The first kappa shape index (κ1) is 14.3. The summed E-state index contributed by atoms with van der Waals surface area (Å²) in [5.41, 5.74) is 0. The van der Waals surface area contributed by atoms with E-state index in [1.165, 1.54) is 45.2 Å². The molecule has 0 bridgehead atoms. The molecule has 0 spiro atoms. The van der Waals surface area contributed by atoms with Crippen LogP contribution in [0.25, 0.3) is 0 Å². The molecule has 1 rings (SSSR count). The quantitative estimate of drug-likeness (QED) is 0.506. The van der Waals surface area contributed by atoms with Crippen LogP contribution in [0.3, 0.4) is 0 Å². The second-order valence-corrected chi connectivity index (χ2v) is 5.11. The lowest BCUT2D eigenvalue weighted by Crippen LogP contribution is -2.29. The fourth-order valence-corrected chi connectivity index (χ4v) is 2.60. The highest BCUT2D eigenvalue weighted by molar-refractivity contribution is 6.17. The Morgan fingerprint density at radius 3 is 2.88 bits per heavy atom. The van der Waals surface area contributed by atoms with Gasteiger partial charge < -0.3 is 9.64 Å². The molecule has 0 aliphatic carbocycles. The number of hydrogen-bond donors (Lipinski definition) is 0. The Morgan fingerprint density at radius 2 is 2.12 bits per heavy atom. The van der Waals surface area contributed by atoms with Gasteiger partial charge in [0.25, 0.3) is 0 Å². The maximum atomic E-state index is 5.56. The van der Waals surface area contributed by atoms with Gasteiger partial charge in [0, 0.05) is 12.4 Å². The molecule has 16 heavy (non-hydrogen) atoms. The van der Waals surface area contributed by atoms with E-state index in [9.17, 15) is 0 Å². The SMILES string of the molecule is CCCC1CCCN(CCOCCCl)CC1. The van der Waals surface area contributed by atoms with Crippen molar-refractivity contribution >= 4 is 11.6 Å². The maximum absolute atomic E-state index is 5.56. The van der Waals surface area contributed by atoms with Gasteiger partial charge in [-0.05, 0) is 38.3 Å². The summed E-state index contributed by atoms with van der Waals surface area (Å²) in [4.78, 5) is 2.55. The minimum Gasteiger partial charge on any atom is -0.379 e. The number of halogens is 1. The lowest BCUT2D eigenvalue weighted by Gasteiger charge is -2.19. The van der Waals surface area contributed by atoms with Gasteiger partial charge in [-0.15, -0.1) is 11.6 Å². The molecule has 0 aromatic rings. The first-order chi connectivity index (χ1) is 7.86. The van der Waals surface area contributed by atoms with Crippen LogP contribution in [0.1, 0.15) is 39.0 Å². The summed E-state index contributed by atoms with van der Waals surface area (Å²) in [6.45, 7) is 7.41. The molecule has 1 heterocycles. The smallest absolute Gasteiger partial charge is 0.0602 e. The Kier molecular flexibility index (Phi) is 8.26. The lowest BCUT2D eigenvalue weighted by molar-refractivity contribution is 0.115. The maximum Gasteiger partial charge on any atom is 0.0602 e. The van der Waals surface area contributed by atoms with Crippen LogP contribution >= 0.6 is 11.6 Å². The van der Waals surface area contributed by atoms with Crippen LogP contribution < -0.4 is 0 Å². The zero-order chi connectivity index (χ0) is 11.6. The number of ether oxygens (including phenoxy) is 1. The van der Waals surface area contributed by atoms with Crippen LogP contribution in [0.2, 0.25) is 0 Å². The van der Waals surface area contributed by atoms with E-state index in [4.69, 9.17) is 16.3 Å². The van der Waals surface area contributed by atoms with Crippen LogP contribution in [0, 0.1) is 5.92 Å². The predicted octanol–water partition coefficient (Wildman–Crippen LogP) is 3.14. The zero-order valence-corrected chi connectivity index (χ0v) is 11.3. The summed E-state index contributed by atoms with van der Waals surface area (Å²) in [6, 6.07) is 0. The van der Waals surface area contributed by atoms with E-state index in [2.05, 4.69) is 11.8 Å². The highest BCUT2D eigenvalue weighted by atomic mass is 35.5. The van der Waals surface area contributed by atoms with Crippen LogP contribution in [0.5, 0.6) is 0 Å². The molecule has 1 aliphatic heterocycles. The molecule has 96 valence electrons. The molecule has 0 saturated carbocycles. The predicted molar refractivity (Wildman–Crippen MR) is 70.2 cm³/mol. The molecule has 1 atom stereocenters. The molecule has 0 amide bonds. The van der Waals surface area contributed by atoms with Crippen molar-refractivity contribution in [3.63, 3.8) is 0 Å². The average Bonchev–Trinajstić information content (AvgIpc) is 2.51. The Bertz CT molecular complexity index is 166. The number of likely N-dealkylation sites (tertiary alicyclic amines) is 1. The Balaban J connectivity index is 2.10. The first-order valence-electron chi connectivity index (χ1n) is 6.73. The highest BCUT2D eigenvalue weighted by Crippen LogP contribution is 2.21. The van der Waals surface area contributed by atoms with Crippen LogP contribution in [0.15, 0.2) is 0 Å². The summed E-state index contributed by atoms with van der Waals surface area (Å²) in [6.07, 6.45) is 6.91. The summed E-state index contributed by atoms with van der Waals surface area (Å²) < 4.78 is 5.43. The summed E-state index contributed by atoms with van der Waals surface area (Å²) >= 11 is 5.56. The second-order valence-electron chi connectivity index (χ2n) is 4.73. The molecule has 1 saturated heterocycles. The second kappa shape index (κ2) is 9.26. The van der Waals surface area contributed by atoms with E-state index >= 15 is 0 Å². The van der Waals surface area contributed by atoms with Crippen molar-refractivity contribution in [1.82, 2.24) is 4.90 Å². The molecule has 1 unspecified atom stereocenters. The van der Waals surface area contributed by atoms with Gasteiger partial charge in [0.1, 0.15) is 0 Å². The summed E-state index contributed by atoms with van der Waals surface area (Å²) in [5.74, 6) is 1.58. The van der Waals surface area contributed by atoms with Gasteiger partial charge in [0.15, 0.2) is 0 Å². The minimum atomic E-state index is 0.610. The van der Waals surface area contributed by atoms with E-state index in [0.717, 1.165) is 19.1 Å². The third kappa shape index (κ3) is 6.07. The monoisotopic (exact) mass is 247 g/mol. The highest BCUT2D eigenvalue weighted by Gasteiger charge is 2.15. The standard InChI is InChI=1S/C13H26ClNO/c1-2-4-13-5-3-8-15(9-6-13)10-12-16-11-7-14/h13H,2-12H2,1H3. The van der Waals surface area contributed by atoms with E-state index < -0.39 is 0 Å². The molecule has 0 aromatic carbocycles. The molecule has 0 N–H and O–H groups in total. The summed E-state index contributed by atoms with van der Waals surface area (Å²) in [5, 5.41) is 0. The van der Waals surface area contributed by atoms with Gasteiger partial charge in [-0.25, -0.2) is 0 Å². The summed E-state index contributed by atoms with van der Waals surface area (Å²) in [7, 11) is 0. The first-order valence-corrected chi connectivity index (χ1v) is 7.26. The van der Waals surface area contributed by atoms with Crippen molar-refractivity contribution in [2.75, 3.05) is 38.7 Å². The molecule has 3 heteroatoms. The fourth-order valence-electron chi connectivity index (χ4n) is 2.50. The van der Waals surface area contributed by atoms with E-state index in [0.29, 0.717) is 12.5 Å². The average molecular weight is 248 g/mol. The van der Waals surface area contributed by atoms with E-state index in [1.807, 2.05) is 0 Å². The van der Waals surface area contributed by atoms with Crippen molar-refractivity contribution in [2.24, 2.45) is 5.92 Å². The van der Waals surface area contributed by atoms with E-state index in [-0.39, 0.29) is 0 Å². The Morgan fingerprint density at radius 1 is 1.25 bits per heavy atom. The van der Waals surface area contributed by atoms with Gasteiger partial charge in [-0.2, -0.15) is 0 Å². The number of rotatable bonds is 7. The fraction of sp³-hybridized carbons (Fsp3) is 1.00. The van der Waals surface area contributed by atoms with Crippen molar-refractivity contribution in [2.45, 2.75) is 39.0 Å². The van der Waals surface area contributed by atoms with E-state index in [1.54, 1.807) is 0 Å². The van der Waals surface area contributed by atoms with Crippen molar-refractivity contribution in [3.05, 3.63) is 0 Å². The molecule has 1 fully saturated rings. The Labute approximate surface area is 105 Å². The molecule has 2 nitrogen and oxygen atoms in total. The minimum absolute atomic E-state index is 0.610. The number of alkyl halides is 1.